The van der Waals surface area contributed by atoms with E-state index < -0.39 is 29.6 Å². The molecule has 0 spiro atoms. The molecule has 0 aliphatic heterocycles. The number of ether oxygens (including phenoxy) is 1. The molecule has 1 N–H and O–H groups in total. The lowest BCUT2D eigenvalue weighted by Gasteiger charge is -2.30. The predicted molar refractivity (Wildman–Crippen MR) is 58.9 cm³/mol. The maximum Gasteiger partial charge on any atom is 0.401 e. The Morgan fingerprint density at radius 1 is 1.22 bits per heavy atom. The molecule has 0 fully saturated rings. The van der Waals surface area contributed by atoms with Crippen molar-refractivity contribution in [2.45, 2.75) is 52.2 Å². The van der Waals surface area contributed by atoms with Crippen molar-refractivity contribution in [1.82, 2.24) is 0 Å². The first-order valence-corrected chi connectivity index (χ1v) is 5.59. The van der Waals surface area contributed by atoms with Gasteiger partial charge in [-0.05, 0) is 13.3 Å². The zero-order valence-electron chi connectivity index (χ0n) is 10.9. The lowest BCUT2D eigenvalue weighted by Crippen LogP contribution is -2.52. The summed E-state index contributed by atoms with van der Waals surface area (Å²) in [5.41, 5.74) is -1.88. The van der Waals surface area contributed by atoms with Crippen LogP contribution in [0.3, 0.4) is 0 Å². The normalized spacial score (nSPS) is 15.2. The molecule has 104 valence electrons. The summed E-state index contributed by atoms with van der Waals surface area (Å²) in [5, 5.41) is 9.59. The molecule has 0 aromatic heterocycles. The second kappa shape index (κ2) is 6.95. The molecule has 0 radical (unpaired) electrons. The van der Waals surface area contributed by atoms with Gasteiger partial charge in [0.05, 0.1) is 0 Å². The Balaban J connectivity index is 4.90. The van der Waals surface area contributed by atoms with Gasteiger partial charge in [-0.3, -0.25) is 4.79 Å². The fourth-order valence-electron chi connectivity index (χ4n) is 1.28. The molecular weight excluding hydrogens is 244 g/mol. The molecule has 0 heterocycles. The largest absolute Gasteiger partial charge is 0.444 e. The molecule has 0 aliphatic carbocycles. The fourth-order valence-corrected chi connectivity index (χ4v) is 1.28. The molecule has 0 aliphatic rings. The van der Waals surface area contributed by atoms with Crippen LogP contribution in [0.1, 0.15) is 40.5 Å². The highest BCUT2D eigenvalue weighted by molar-refractivity contribution is 5.84. The lowest BCUT2D eigenvalue weighted by atomic mass is 9.94. The summed E-state index contributed by atoms with van der Waals surface area (Å²) in [6.45, 7) is 5.41. The fraction of sp³-hybridized carbons (Fsp3) is 0.727. The van der Waals surface area contributed by atoms with Crippen LogP contribution in [0.25, 0.3) is 0 Å². The molecule has 0 rings (SSSR count). The van der Waals surface area contributed by atoms with Crippen LogP contribution in [0.2, 0.25) is 0 Å². The number of hydrogen-bond donors (Lipinski definition) is 1. The maximum atomic E-state index is 11.8. The first kappa shape index (κ1) is 16.4. The Hall–Kier alpha value is -1.63. The van der Waals surface area contributed by atoms with Gasteiger partial charge in [-0.1, -0.05) is 13.8 Å². The van der Waals surface area contributed by atoms with Gasteiger partial charge in [0, 0.05) is 13.3 Å². The Labute approximate surface area is 105 Å². The van der Waals surface area contributed by atoms with Crippen molar-refractivity contribution in [1.29, 1.82) is 0 Å². The number of aliphatic hydroxyl groups excluding tert-OH is 1. The van der Waals surface area contributed by atoms with Crippen molar-refractivity contribution in [2.75, 3.05) is 0 Å². The van der Waals surface area contributed by atoms with Gasteiger partial charge in [-0.2, -0.15) is 0 Å². The molecule has 7 nitrogen and oxygen atoms in total. The average molecular weight is 262 g/mol. The molecule has 2 unspecified atom stereocenters. The number of carbonyl (C=O) groups excluding carboxylic acids is 3. The van der Waals surface area contributed by atoms with E-state index in [1.54, 1.807) is 0 Å². The van der Waals surface area contributed by atoms with E-state index in [0.29, 0.717) is 0 Å². The maximum absolute atomic E-state index is 11.8. The SMILES string of the molecule is CCC(=O)OOC(=O)C(CC)(OC(C)=O)C(C)O. The third-order valence-electron chi connectivity index (χ3n) is 2.37. The lowest BCUT2D eigenvalue weighted by molar-refractivity contribution is -0.276. The zero-order valence-corrected chi connectivity index (χ0v) is 10.9. The minimum absolute atomic E-state index is 0.0211. The summed E-state index contributed by atoms with van der Waals surface area (Å²) in [6.07, 6.45) is -1.30. The van der Waals surface area contributed by atoms with Crippen LogP contribution >= 0.6 is 0 Å². The van der Waals surface area contributed by atoms with Crippen molar-refractivity contribution in [2.24, 2.45) is 0 Å². The average Bonchev–Trinajstić information content (AvgIpc) is 2.31. The number of rotatable bonds is 5. The van der Waals surface area contributed by atoms with E-state index in [4.69, 9.17) is 4.74 Å². The van der Waals surface area contributed by atoms with E-state index in [9.17, 15) is 19.5 Å². The van der Waals surface area contributed by atoms with Crippen molar-refractivity contribution < 1.29 is 34.0 Å². The van der Waals surface area contributed by atoms with Gasteiger partial charge in [-0.25, -0.2) is 19.4 Å². The van der Waals surface area contributed by atoms with Crippen LogP contribution in [-0.2, 0) is 28.9 Å². The van der Waals surface area contributed by atoms with Gasteiger partial charge in [0.1, 0.15) is 6.10 Å². The molecule has 0 amide bonds. The van der Waals surface area contributed by atoms with Crippen LogP contribution in [0.5, 0.6) is 0 Å². The molecule has 7 heteroatoms. The van der Waals surface area contributed by atoms with E-state index in [1.807, 2.05) is 0 Å². The Morgan fingerprint density at radius 2 is 1.78 bits per heavy atom. The number of esters is 1. The summed E-state index contributed by atoms with van der Waals surface area (Å²) in [5.74, 6) is -2.63. The summed E-state index contributed by atoms with van der Waals surface area (Å²) < 4.78 is 4.82. The van der Waals surface area contributed by atoms with Crippen LogP contribution in [0, 0.1) is 0 Å². The number of aliphatic hydroxyl groups is 1. The second-order valence-corrected chi connectivity index (χ2v) is 3.69. The Bertz CT molecular complexity index is 323. The first-order chi connectivity index (χ1) is 8.30. The summed E-state index contributed by atoms with van der Waals surface area (Å²) in [6, 6.07) is 0. The highest BCUT2D eigenvalue weighted by atomic mass is 17.2. The summed E-state index contributed by atoms with van der Waals surface area (Å²) in [4.78, 5) is 42.1. The zero-order chi connectivity index (χ0) is 14.3. The Morgan fingerprint density at radius 3 is 2.11 bits per heavy atom. The van der Waals surface area contributed by atoms with Gasteiger partial charge in [-0.15, -0.1) is 0 Å². The molecule has 0 saturated carbocycles. The van der Waals surface area contributed by atoms with Gasteiger partial charge in [0.15, 0.2) is 0 Å². The van der Waals surface area contributed by atoms with Gasteiger partial charge >= 0.3 is 17.9 Å². The molecule has 0 saturated heterocycles. The van der Waals surface area contributed by atoms with Crippen molar-refractivity contribution in [3.8, 4) is 0 Å². The monoisotopic (exact) mass is 262 g/mol. The molecule has 2 atom stereocenters. The summed E-state index contributed by atoms with van der Waals surface area (Å²) in [7, 11) is 0. The van der Waals surface area contributed by atoms with Crippen molar-refractivity contribution in [3.05, 3.63) is 0 Å². The third-order valence-corrected chi connectivity index (χ3v) is 2.37. The first-order valence-electron chi connectivity index (χ1n) is 5.59. The molecule has 0 aromatic rings. The highest BCUT2D eigenvalue weighted by Gasteiger charge is 2.48. The van der Waals surface area contributed by atoms with Crippen molar-refractivity contribution in [3.63, 3.8) is 0 Å². The quantitative estimate of drug-likeness (QED) is 0.437. The van der Waals surface area contributed by atoms with E-state index in [-0.39, 0.29) is 12.8 Å². The second-order valence-electron chi connectivity index (χ2n) is 3.69. The third kappa shape index (κ3) is 3.99. The molecule has 0 bridgehead atoms. The predicted octanol–water partition coefficient (Wildman–Crippen LogP) is 0.490. The van der Waals surface area contributed by atoms with E-state index in [1.165, 1.54) is 20.8 Å². The van der Waals surface area contributed by atoms with Crippen LogP contribution in [0.15, 0.2) is 0 Å². The van der Waals surface area contributed by atoms with Crippen LogP contribution < -0.4 is 0 Å². The standard InChI is InChI=1S/C11H18O7/c1-5-9(14)17-18-10(15)11(6-2,7(3)12)16-8(4)13/h7,12H,5-6H2,1-4H3. The van der Waals surface area contributed by atoms with Crippen molar-refractivity contribution >= 4 is 17.9 Å². The van der Waals surface area contributed by atoms with Gasteiger partial charge < -0.3 is 9.84 Å². The minimum atomic E-state index is -1.88. The topological polar surface area (TPSA) is 99.1 Å². The summed E-state index contributed by atoms with van der Waals surface area (Å²) >= 11 is 0. The Kier molecular flexibility index (Phi) is 6.32. The van der Waals surface area contributed by atoms with E-state index >= 15 is 0 Å². The van der Waals surface area contributed by atoms with E-state index in [0.717, 1.165) is 6.92 Å². The van der Waals surface area contributed by atoms with Crippen LogP contribution in [-0.4, -0.2) is 34.7 Å². The molecular formula is C11H18O7. The smallest absolute Gasteiger partial charge is 0.401 e. The van der Waals surface area contributed by atoms with Gasteiger partial charge in [0.2, 0.25) is 5.60 Å². The molecule has 0 aromatic carbocycles. The highest BCUT2D eigenvalue weighted by Crippen LogP contribution is 2.23. The van der Waals surface area contributed by atoms with Gasteiger partial charge in [0.25, 0.3) is 0 Å². The van der Waals surface area contributed by atoms with E-state index in [2.05, 4.69) is 9.78 Å². The molecule has 18 heavy (non-hydrogen) atoms. The minimum Gasteiger partial charge on any atom is -0.444 e. The number of hydrogen-bond acceptors (Lipinski definition) is 7. The number of carbonyl (C=O) groups is 3. The van der Waals surface area contributed by atoms with Crippen LogP contribution in [0.4, 0.5) is 0 Å².